The van der Waals surface area contributed by atoms with E-state index < -0.39 is 11.5 Å². The SMILES string of the molecule is O=[N+]([O-])c1ccc(Oc2ccc(Cl)c(Cl)c2)cc1CO. The van der Waals surface area contributed by atoms with Gasteiger partial charge in [-0.2, -0.15) is 0 Å². The van der Waals surface area contributed by atoms with Gasteiger partial charge in [0.15, 0.2) is 0 Å². The molecular weight excluding hydrogens is 305 g/mol. The molecule has 0 aliphatic carbocycles. The van der Waals surface area contributed by atoms with E-state index in [0.29, 0.717) is 21.5 Å². The fourth-order valence-electron chi connectivity index (χ4n) is 1.61. The number of ether oxygens (including phenoxy) is 1. The van der Waals surface area contributed by atoms with Crippen molar-refractivity contribution in [1.82, 2.24) is 0 Å². The lowest BCUT2D eigenvalue weighted by molar-refractivity contribution is -0.385. The molecular formula is C13H9Cl2NO4. The second kappa shape index (κ2) is 6.09. The van der Waals surface area contributed by atoms with E-state index in [1.165, 1.54) is 24.3 Å². The molecule has 0 aromatic heterocycles. The van der Waals surface area contributed by atoms with Gasteiger partial charge in [0.2, 0.25) is 0 Å². The predicted molar refractivity (Wildman–Crippen MR) is 75.6 cm³/mol. The van der Waals surface area contributed by atoms with Gasteiger partial charge in [0.05, 0.1) is 27.1 Å². The number of hydrogen-bond acceptors (Lipinski definition) is 4. The molecule has 0 aliphatic rings. The van der Waals surface area contributed by atoms with E-state index in [-0.39, 0.29) is 11.3 Å². The number of benzene rings is 2. The summed E-state index contributed by atoms with van der Waals surface area (Å²) in [6, 6.07) is 8.86. The van der Waals surface area contributed by atoms with Crippen molar-refractivity contribution < 1.29 is 14.8 Å². The van der Waals surface area contributed by atoms with E-state index in [9.17, 15) is 10.1 Å². The average molecular weight is 314 g/mol. The number of rotatable bonds is 4. The molecule has 0 heterocycles. The van der Waals surface area contributed by atoms with Gasteiger partial charge in [-0.1, -0.05) is 23.2 Å². The summed E-state index contributed by atoms with van der Waals surface area (Å²) in [6.07, 6.45) is 0. The van der Waals surface area contributed by atoms with Crippen LogP contribution in [0.15, 0.2) is 36.4 Å². The summed E-state index contributed by atoms with van der Waals surface area (Å²) in [6.45, 7) is -0.450. The van der Waals surface area contributed by atoms with Crippen molar-refractivity contribution in [2.45, 2.75) is 6.61 Å². The van der Waals surface area contributed by atoms with Crippen molar-refractivity contribution in [3.05, 3.63) is 62.1 Å². The number of aliphatic hydroxyl groups excluding tert-OH is 1. The second-order valence-electron chi connectivity index (χ2n) is 3.88. The Morgan fingerprint density at radius 2 is 1.75 bits per heavy atom. The largest absolute Gasteiger partial charge is 0.457 e. The topological polar surface area (TPSA) is 72.6 Å². The Hall–Kier alpha value is -1.82. The molecule has 0 unspecified atom stereocenters. The minimum absolute atomic E-state index is 0.158. The van der Waals surface area contributed by atoms with Crippen LogP contribution in [0, 0.1) is 10.1 Å². The molecule has 0 aliphatic heterocycles. The fraction of sp³-hybridized carbons (Fsp3) is 0.0769. The first-order valence-corrected chi connectivity index (χ1v) is 6.28. The maximum atomic E-state index is 10.8. The van der Waals surface area contributed by atoms with Gasteiger partial charge in [0, 0.05) is 12.1 Å². The Morgan fingerprint density at radius 3 is 2.35 bits per heavy atom. The van der Waals surface area contributed by atoms with E-state index in [1.807, 2.05) is 0 Å². The van der Waals surface area contributed by atoms with Gasteiger partial charge in [-0.15, -0.1) is 0 Å². The minimum Gasteiger partial charge on any atom is -0.457 e. The van der Waals surface area contributed by atoms with Crippen molar-refractivity contribution in [1.29, 1.82) is 0 Å². The predicted octanol–water partition coefficient (Wildman–Crippen LogP) is 4.19. The van der Waals surface area contributed by atoms with E-state index >= 15 is 0 Å². The molecule has 5 nitrogen and oxygen atoms in total. The first-order chi connectivity index (χ1) is 9.51. The number of nitrogens with zero attached hydrogens (tertiary/aromatic N) is 1. The molecule has 0 atom stereocenters. The standard InChI is InChI=1S/C13H9Cl2NO4/c14-11-3-1-10(6-12(11)15)20-9-2-4-13(16(18)19)8(5-9)7-17/h1-6,17H,7H2. The summed E-state index contributed by atoms with van der Waals surface area (Å²) in [5, 5.41) is 20.6. The highest BCUT2D eigenvalue weighted by Gasteiger charge is 2.14. The highest BCUT2D eigenvalue weighted by Crippen LogP contribution is 2.31. The lowest BCUT2D eigenvalue weighted by Gasteiger charge is -2.08. The Morgan fingerprint density at radius 1 is 1.10 bits per heavy atom. The zero-order chi connectivity index (χ0) is 14.7. The number of nitro benzene ring substituents is 1. The third kappa shape index (κ3) is 3.19. The van der Waals surface area contributed by atoms with Gasteiger partial charge < -0.3 is 9.84 Å². The summed E-state index contributed by atoms with van der Waals surface area (Å²) in [4.78, 5) is 10.2. The number of halogens is 2. The van der Waals surface area contributed by atoms with Crippen molar-refractivity contribution in [2.24, 2.45) is 0 Å². The molecule has 1 N–H and O–H groups in total. The summed E-state index contributed by atoms with van der Waals surface area (Å²) >= 11 is 11.7. The van der Waals surface area contributed by atoms with Crippen LogP contribution in [0.3, 0.4) is 0 Å². The molecule has 0 fully saturated rings. The van der Waals surface area contributed by atoms with Crippen LogP contribution in [0.1, 0.15) is 5.56 Å². The summed E-state index contributed by atoms with van der Waals surface area (Å²) in [5.41, 5.74) is 0.0153. The Labute approximate surface area is 124 Å². The molecule has 20 heavy (non-hydrogen) atoms. The van der Waals surface area contributed by atoms with Gasteiger partial charge in [-0.3, -0.25) is 10.1 Å². The Kier molecular flexibility index (Phi) is 4.44. The summed E-state index contributed by atoms with van der Waals surface area (Å²) < 4.78 is 5.51. The minimum atomic E-state index is -0.561. The van der Waals surface area contributed by atoms with Gasteiger partial charge in [0.25, 0.3) is 5.69 Å². The van der Waals surface area contributed by atoms with Crippen LogP contribution in [-0.4, -0.2) is 10.0 Å². The second-order valence-corrected chi connectivity index (χ2v) is 4.70. The first kappa shape index (κ1) is 14.6. The zero-order valence-electron chi connectivity index (χ0n) is 10.0. The van der Waals surface area contributed by atoms with Crippen molar-refractivity contribution >= 4 is 28.9 Å². The maximum absolute atomic E-state index is 10.8. The summed E-state index contributed by atoms with van der Waals surface area (Å²) in [7, 11) is 0. The molecule has 0 saturated carbocycles. The van der Waals surface area contributed by atoms with E-state index in [1.54, 1.807) is 12.1 Å². The molecule has 7 heteroatoms. The number of nitro groups is 1. The number of hydrogen-bond donors (Lipinski definition) is 1. The zero-order valence-corrected chi connectivity index (χ0v) is 11.6. The van der Waals surface area contributed by atoms with Gasteiger partial charge in [-0.25, -0.2) is 0 Å². The van der Waals surface area contributed by atoms with E-state index in [4.69, 9.17) is 33.0 Å². The molecule has 0 amide bonds. The highest BCUT2D eigenvalue weighted by molar-refractivity contribution is 6.42. The lowest BCUT2D eigenvalue weighted by Crippen LogP contribution is -1.96. The molecule has 104 valence electrons. The van der Waals surface area contributed by atoms with Gasteiger partial charge in [0.1, 0.15) is 11.5 Å². The van der Waals surface area contributed by atoms with Crippen LogP contribution in [0.25, 0.3) is 0 Å². The van der Waals surface area contributed by atoms with Crippen molar-refractivity contribution in [2.75, 3.05) is 0 Å². The summed E-state index contributed by atoms with van der Waals surface area (Å²) in [5.74, 6) is 0.801. The first-order valence-electron chi connectivity index (χ1n) is 5.52. The van der Waals surface area contributed by atoms with Crippen molar-refractivity contribution in [3.63, 3.8) is 0 Å². The van der Waals surface area contributed by atoms with Crippen LogP contribution in [0.2, 0.25) is 10.0 Å². The van der Waals surface area contributed by atoms with Crippen LogP contribution in [0.4, 0.5) is 5.69 Å². The van der Waals surface area contributed by atoms with E-state index in [0.717, 1.165) is 0 Å². The molecule has 2 aromatic carbocycles. The quantitative estimate of drug-likeness (QED) is 0.678. The highest BCUT2D eigenvalue weighted by atomic mass is 35.5. The van der Waals surface area contributed by atoms with Crippen molar-refractivity contribution in [3.8, 4) is 11.5 Å². The third-order valence-corrected chi connectivity index (χ3v) is 3.28. The maximum Gasteiger partial charge on any atom is 0.275 e. The van der Waals surface area contributed by atoms with Crippen LogP contribution < -0.4 is 4.74 Å². The molecule has 2 rings (SSSR count). The molecule has 2 aromatic rings. The normalized spacial score (nSPS) is 10.3. The van der Waals surface area contributed by atoms with E-state index in [2.05, 4.69) is 0 Å². The smallest absolute Gasteiger partial charge is 0.275 e. The molecule has 0 saturated heterocycles. The van der Waals surface area contributed by atoms with Gasteiger partial charge in [-0.05, 0) is 24.3 Å². The molecule has 0 bridgehead atoms. The van der Waals surface area contributed by atoms with Crippen LogP contribution >= 0.6 is 23.2 Å². The fourth-order valence-corrected chi connectivity index (χ4v) is 1.89. The van der Waals surface area contributed by atoms with Crippen LogP contribution in [0.5, 0.6) is 11.5 Å². The average Bonchev–Trinajstić information content (AvgIpc) is 2.42. The Balaban J connectivity index is 2.29. The third-order valence-electron chi connectivity index (χ3n) is 2.54. The molecule has 0 spiro atoms. The molecule has 0 radical (unpaired) electrons. The number of aliphatic hydroxyl groups is 1. The Bertz CT molecular complexity index is 661. The van der Waals surface area contributed by atoms with Gasteiger partial charge >= 0.3 is 0 Å². The van der Waals surface area contributed by atoms with Crippen LogP contribution in [-0.2, 0) is 6.61 Å². The lowest BCUT2D eigenvalue weighted by atomic mass is 10.2. The monoisotopic (exact) mass is 313 g/mol.